The van der Waals surface area contributed by atoms with Gasteiger partial charge in [0.25, 0.3) is 0 Å². The smallest absolute Gasteiger partial charge is 0.321 e. The average Bonchev–Trinajstić information content (AvgIpc) is 2.57. The molecule has 0 aliphatic carbocycles. The first-order valence-corrected chi connectivity index (χ1v) is 8.95. The molecule has 0 radical (unpaired) electrons. The van der Waals surface area contributed by atoms with E-state index in [2.05, 4.69) is 22.5 Å². The summed E-state index contributed by atoms with van der Waals surface area (Å²) in [5.74, 6) is 0.0445. The van der Waals surface area contributed by atoms with Gasteiger partial charge in [0.2, 0.25) is 5.91 Å². The van der Waals surface area contributed by atoms with Crippen molar-refractivity contribution >= 4 is 17.6 Å². The minimum absolute atomic E-state index is 0.0445. The molecule has 138 valence electrons. The summed E-state index contributed by atoms with van der Waals surface area (Å²) in [5.41, 5.74) is 3.19. The number of amides is 3. The van der Waals surface area contributed by atoms with Crippen LogP contribution in [-0.4, -0.2) is 60.0 Å². The zero-order valence-corrected chi connectivity index (χ0v) is 15.9. The second-order valence-electron chi connectivity index (χ2n) is 7.09. The number of rotatable bonds is 4. The molecular formula is C19H30N4O2. The Bertz CT molecular complexity index is 622. The Kier molecular flexibility index (Phi) is 6.42. The molecule has 1 aliphatic rings. The molecule has 1 fully saturated rings. The number of nitrogens with one attached hydrogen (secondary N) is 2. The minimum atomic E-state index is -0.174. The molecule has 1 aromatic rings. The fourth-order valence-corrected chi connectivity index (χ4v) is 2.90. The van der Waals surface area contributed by atoms with E-state index in [0.717, 1.165) is 11.3 Å². The van der Waals surface area contributed by atoms with E-state index in [4.69, 9.17) is 0 Å². The van der Waals surface area contributed by atoms with Gasteiger partial charge in [-0.15, -0.1) is 0 Å². The third kappa shape index (κ3) is 5.19. The highest BCUT2D eigenvalue weighted by Crippen LogP contribution is 2.15. The van der Waals surface area contributed by atoms with Crippen molar-refractivity contribution in [2.24, 2.45) is 0 Å². The number of piperazine rings is 1. The van der Waals surface area contributed by atoms with Gasteiger partial charge < -0.3 is 15.5 Å². The molecule has 6 heteroatoms. The van der Waals surface area contributed by atoms with Gasteiger partial charge in [-0.1, -0.05) is 6.07 Å². The van der Waals surface area contributed by atoms with Gasteiger partial charge >= 0.3 is 6.03 Å². The van der Waals surface area contributed by atoms with Crippen LogP contribution in [0.4, 0.5) is 10.5 Å². The molecule has 0 bridgehead atoms. The molecule has 1 atom stereocenters. The van der Waals surface area contributed by atoms with Crippen molar-refractivity contribution in [2.45, 2.75) is 46.7 Å². The lowest BCUT2D eigenvalue weighted by molar-refractivity contribution is -0.126. The number of urea groups is 1. The van der Waals surface area contributed by atoms with Crippen molar-refractivity contribution < 1.29 is 9.59 Å². The predicted octanol–water partition coefficient (Wildman–Crippen LogP) is 2.37. The number of nitrogens with zero attached hydrogens (tertiary/aromatic N) is 2. The Morgan fingerprint density at radius 3 is 2.20 bits per heavy atom. The normalized spacial score (nSPS) is 16.6. The van der Waals surface area contributed by atoms with Crippen molar-refractivity contribution in [3.63, 3.8) is 0 Å². The zero-order valence-electron chi connectivity index (χ0n) is 15.9. The van der Waals surface area contributed by atoms with Crippen LogP contribution in [0, 0.1) is 13.8 Å². The Morgan fingerprint density at radius 1 is 1.00 bits per heavy atom. The summed E-state index contributed by atoms with van der Waals surface area (Å²) in [6, 6.07) is 5.81. The molecule has 1 heterocycles. The second kappa shape index (κ2) is 8.34. The standard InChI is InChI=1S/C19H30N4O2/c1-13(2)20-18(24)16(5)22-8-10-23(11-9-22)19(25)21-17-7-6-14(3)15(4)12-17/h6-7,12-13,16H,8-11H2,1-5H3,(H,20,24)(H,21,25)/t16-/m0/s1. The second-order valence-corrected chi connectivity index (χ2v) is 7.09. The van der Waals surface area contributed by atoms with Gasteiger partial charge in [0, 0.05) is 37.9 Å². The fourth-order valence-electron chi connectivity index (χ4n) is 2.90. The quantitative estimate of drug-likeness (QED) is 0.880. The SMILES string of the molecule is Cc1ccc(NC(=O)N2CCN([C@@H](C)C(=O)NC(C)C)CC2)cc1C. The lowest BCUT2D eigenvalue weighted by Crippen LogP contribution is -2.56. The summed E-state index contributed by atoms with van der Waals surface area (Å²) >= 11 is 0. The first-order chi connectivity index (χ1) is 11.8. The molecule has 0 spiro atoms. The van der Waals surface area contributed by atoms with E-state index in [1.807, 2.05) is 45.9 Å². The third-order valence-corrected chi connectivity index (χ3v) is 4.72. The predicted molar refractivity (Wildman–Crippen MR) is 101 cm³/mol. The van der Waals surface area contributed by atoms with Gasteiger partial charge in [-0.25, -0.2) is 4.79 Å². The van der Waals surface area contributed by atoms with Crippen LogP contribution in [0.1, 0.15) is 31.9 Å². The summed E-state index contributed by atoms with van der Waals surface area (Å²) in [5, 5.41) is 5.90. The van der Waals surface area contributed by atoms with Crippen molar-refractivity contribution in [3.05, 3.63) is 29.3 Å². The minimum Gasteiger partial charge on any atom is -0.353 e. The monoisotopic (exact) mass is 346 g/mol. The van der Waals surface area contributed by atoms with Gasteiger partial charge in [-0.05, 0) is 57.9 Å². The fraction of sp³-hybridized carbons (Fsp3) is 0.579. The summed E-state index contributed by atoms with van der Waals surface area (Å²) in [7, 11) is 0. The lowest BCUT2D eigenvalue weighted by atomic mass is 10.1. The molecule has 6 nitrogen and oxygen atoms in total. The van der Waals surface area contributed by atoms with E-state index < -0.39 is 0 Å². The van der Waals surface area contributed by atoms with E-state index in [1.165, 1.54) is 5.56 Å². The van der Waals surface area contributed by atoms with Crippen LogP contribution in [0.15, 0.2) is 18.2 Å². The number of hydrogen-bond donors (Lipinski definition) is 2. The highest BCUT2D eigenvalue weighted by molar-refractivity contribution is 5.89. The molecule has 2 rings (SSSR count). The van der Waals surface area contributed by atoms with E-state index in [0.29, 0.717) is 26.2 Å². The van der Waals surface area contributed by atoms with Crippen molar-refractivity contribution in [3.8, 4) is 0 Å². The summed E-state index contributed by atoms with van der Waals surface area (Å²) in [6.07, 6.45) is 0. The molecule has 0 unspecified atom stereocenters. The van der Waals surface area contributed by atoms with Crippen molar-refractivity contribution in [1.82, 2.24) is 15.1 Å². The number of carbonyl (C=O) groups is 2. The van der Waals surface area contributed by atoms with Crippen molar-refractivity contribution in [1.29, 1.82) is 0 Å². The highest BCUT2D eigenvalue weighted by atomic mass is 16.2. The first-order valence-electron chi connectivity index (χ1n) is 8.95. The Balaban J connectivity index is 1.85. The number of hydrogen-bond acceptors (Lipinski definition) is 3. The summed E-state index contributed by atoms with van der Waals surface area (Å²) in [6.45, 7) is 12.6. The summed E-state index contributed by atoms with van der Waals surface area (Å²) in [4.78, 5) is 28.5. The topological polar surface area (TPSA) is 64.7 Å². The Morgan fingerprint density at radius 2 is 1.64 bits per heavy atom. The van der Waals surface area contributed by atoms with Gasteiger partial charge in [-0.3, -0.25) is 9.69 Å². The van der Waals surface area contributed by atoms with Gasteiger partial charge in [0.05, 0.1) is 6.04 Å². The van der Waals surface area contributed by atoms with E-state index in [-0.39, 0.29) is 24.0 Å². The summed E-state index contributed by atoms with van der Waals surface area (Å²) < 4.78 is 0. The van der Waals surface area contributed by atoms with Crippen LogP contribution in [0.3, 0.4) is 0 Å². The molecule has 0 aromatic heterocycles. The Labute approximate surface area is 150 Å². The van der Waals surface area contributed by atoms with Gasteiger partial charge in [0.1, 0.15) is 0 Å². The van der Waals surface area contributed by atoms with Gasteiger partial charge in [-0.2, -0.15) is 0 Å². The Hall–Kier alpha value is -2.08. The highest BCUT2D eigenvalue weighted by Gasteiger charge is 2.27. The molecule has 25 heavy (non-hydrogen) atoms. The molecular weight excluding hydrogens is 316 g/mol. The number of aryl methyl sites for hydroxylation is 2. The number of carbonyl (C=O) groups excluding carboxylic acids is 2. The lowest BCUT2D eigenvalue weighted by Gasteiger charge is -2.37. The van der Waals surface area contributed by atoms with Crippen LogP contribution in [0.2, 0.25) is 0 Å². The largest absolute Gasteiger partial charge is 0.353 e. The molecule has 1 aromatic carbocycles. The average molecular weight is 346 g/mol. The number of benzene rings is 1. The molecule has 3 amide bonds. The maximum Gasteiger partial charge on any atom is 0.321 e. The maximum absolute atomic E-state index is 12.4. The molecule has 2 N–H and O–H groups in total. The van der Waals surface area contributed by atoms with E-state index in [1.54, 1.807) is 4.90 Å². The van der Waals surface area contributed by atoms with Crippen LogP contribution >= 0.6 is 0 Å². The van der Waals surface area contributed by atoms with Crippen LogP contribution in [0.25, 0.3) is 0 Å². The molecule has 0 saturated carbocycles. The van der Waals surface area contributed by atoms with Crippen molar-refractivity contribution in [2.75, 3.05) is 31.5 Å². The molecule has 1 saturated heterocycles. The van der Waals surface area contributed by atoms with Crippen LogP contribution < -0.4 is 10.6 Å². The number of anilines is 1. The van der Waals surface area contributed by atoms with Crippen LogP contribution in [-0.2, 0) is 4.79 Å². The van der Waals surface area contributed by atoms with Crippen LogP contribution in [0.5, 0.6) is 0 Å². The third-order valence-electron chi connectivity index (χ3n) is 4.72. The van der Waals surface area contributed by atoms with E-state index >= 15 is 0 Å². The molecule has 1 aliphatic heterocycles. The first kappa shape index (κ1) is 19.2. The van der Waals surface area contributed by atoms with E-state index in [9.17, 15) is 9.59 Å². The van der Waals surface area contributed by atoms with Gasteiger partial charge in [0.15, 0.2) is 0 Å². The zero-order chi connectivity index (χ0) is 18.6. The maximum atomic E-state index is 12.4.